The summed E-state index contributed by atoms with van der Waals surface area (Å²) in [6.45, 7) is 8.23. The standard InChI is InChI=1S/C28H36O5/c1-19(13-26(32-6)18-31-5)9-11-33-12-10-24-16-22(4)28(30)25(17-24)8-7-23-14-20(2)27(29)21(3)15-23/h9,11,13-18,29-30H,7-8,10,12H2,1-6H3/b11-9+,19-13-,26-18-. The van der Waals surface area contributed by atoms with Gasteiger partial charge in [-0.25, -0.2) is 0 Å². The highest BCUT2D eigenvalue weighted by Gasteiger charge is 2.09. The van der Waals surface area contributed by atoms with Crippen molar-refractivity contribution in [3.63, 3.8) is 0 Å². The van der Waals surface area contributed by atoms with E-state index in [4.69, 9.17) is 14.2 Å². The first-order valence-corrected chi connectivity index (χ1v) is 11.1. The Kier molecular flexibility index (Phi) is 9.92. The molecule has 0 saturated carbocycles. The molecule has 2 aromatic carbocycles. The van der Waals surface area contributed by atoms with E-state index >= 15 is 0 Å². The van der Waals surface area contributed by atoms with E-state index in [0.717, 1.165) is 58.2 Å². The number of benzene rings is 2. The molecule has 0 aromatic heterocycles. The molecule has 2 aromatic rings. The number of hydrogen-bond donors (Lipinski definition) is 2. The van der Waals surface area contributed by atoms with Crippen molar-refractivity contribution < 1.29 is 24.4 Å². The van der Waals surface area contributed by atoms with Crippen LogP contribution in [0.1, 0.15) is 40.3 Å². The van der Waals surface area contributed by atoms with Gasteiger partial charge < -0.3 is 24.4 Å². The number of phenols is 2. The van der Waals surface area contributed by atoms with Gasteiger partial charge in [-0.1, -0.05) is 24.3 Å². The van der Waals surface area contributed by atoms with Crippen molar-refractivity contribution in [2.75, 3.05) is 20.8 Å². The molecule has 178 valence electrons. The lowest BCUT2D eigenvalue weighted by Crippen LogP contribution is -1.99. The third kappa shape index (κ3) is 7.94. The molecule has 0 spiro atoms. The van der Waals surface area contributed by atoms with Crippen LogP contribution >= 0.6 is 0 Å². The van der Waals surface area contributed by atoms with Crippen LogP contribution in [0.25, 0.3) is 0 Å². The van der Waals surface area contributed by atoms with E-state index in [1.807, 2.05) is 58.0 Å². The number of methoxy groups -OCH3 is 2. The van der Waals surface area contributed by atoms with Crippen molar-refractivity contribution in [1.29, 1.82) is 0 Å². The van der Waals surface area contributed by atoms with E-state index in [0.29, 0.717) is 23.9 Å². The molecule has 33 heavy (non-hydrogen) atoms. The summed E-state index contributed by atoms with van der Waals surface area (Å²) in [7, 11) is 3.17. The Morgan fingerprint density at radius 1 is 0.848 bits per heavy atom. The topological polar surface area (TPSA) is 68.2 Å². The zero-order chi connectivity index (χ0) is 24.4. The lowest BCUT2D eigenvalue weighted by Gasteiger charge is -2.12. The zero-order valence-corrected chi connectivity index (χ0v) is 20.6. The Morgan fingerprint density at radius 2 is 1.45 bits per heavy atom. The molecule has 0 amide bonds. The minimum Gasteiger partial charge on any atom is -0.507 e. The highest BCUT2D eigenvalue weighted by Crippen LogP contribution is 2.28. The van der Waals surface area contributed by atoms with Crippen LogP contribution in [0.3, 0.4) is 0 Å². The van der Waals surface area contributed by atoms with Crippen LogP contribution in [0.2, 0.25) is 0 Å². The molecule has 0 bridgehead atoms. The monoisotopic (exact) mass is 452 g/mol. The lowest BCUT2D eigenvalue weighted by molar-refractivity contribution is 0.253. The normalized spacial score (nSPS) is 12.3. The molecule has 0 atom stereocenters. The second-order valence-electron chi connectivity index (χ2n) is 8.27. The van der Waals surface area contributed by atoms with Gasteiger partial charge in [0.2, 0.25) is 0 Å². The highest BCUT2D eigenvalue weighted by molar-refractivity contribution is 5.45. The van der Waals surface area contributed by atoms with Gasteiger partial charge >= 0.3 is 0 Å². The third-order valence-corrected chi connectivity index (χ3v) is 5.45. The summed E-state index contributed by atoms with van der Waals surface area (Å²) in [6, 6.07) is 8.08. The molecule has 5 heteroatoms. The predicted octanol–water partition coefficient (Wildman–Crippen LogP) is 5.96. The molecule has 0 aliphatic heterocycles. The number of phenolic OH excluding ortho intramolecular Hbond substituents is 2. The Hall–Kier alpha value is -3.34. The second kappa shape index (κ2) is 12.6. The number of hydrogen-bond acceptors (Lipinski definition) is 5. The number of aryl methyl sites for hydroxylation is 5. The van der Waals surface area contributed by atoms with E-state index in [-0.39, 0.29) is 0 Å². The molecule has 0 radical (unpaired) electrons. The van der Waals surface area contributed by atoms with Crippen LogP contribution in [0, 0.1) is 20.8 Å². The number of aromatic hydroxyl groups is 2. The maximum atomic E-state index is 10.5. The Labute approximate surface area is 197 Å². The second-order valence-corrected chi connectivity index (χ2v) is 8.27. The van der Waals surface area contributed by atoms with Crippen molar-refractivity contribution >= 4 is 0 Å². The fourth-order valence-electron chi connectivity index (χ4n) is 3.67. The smallest absolute Gasteiger partial charge is 0.153 e. The lowest BCUT2D eigenvalue weighted by atomic mass is 9.96. The molecule has 0 unspecified atom stereocenters. The Balaban J connectivity index is 1.97. The van der Waals surface area contributed by atoms with Crippen LogP contribution in [-0.2, 0) is 33.5 Å². The average Bonchev–Trinajstić information content (AvgIpc) is 2.78. The summed E-state index contributed by atoms with van der Waals surface area (Å²) in [6.07, 6.45) is 9.21. The van der Waals surface area contributed by atoms with Gasteiger partial charge in [0.05, 0.1) is 27.1 Å². The van der Waals surface area contributed by atoms with Crippen LogP contribution < -0.4 is 0 Å². The Morgan fingerprint density at radius 3 is 2.06 bits per heavy atom. The van der Waals surface area contributed by atoms with E-state index < -0.39 is 0 Å². The first-order valence-electron chi connectivity index (χ1n) is 11.1. The molecule has 0 fully saturated rings. The van der Waals surface area contributed by atoms with Crippen LogP contribution in [0.4, 0.5) is 0 Å². The van der Waals surface area contributed by atoms with Gasteiger partial charge in [0.15, 0.2) is 5.76 Å². The summed E-state index contributed by atoms with van der Waals surface area (Å²) in [5.74, 6) is 1.33. The van der Waals surface area contributed by atoms with Gasteiger partial charge in [-0.05, 0) is 91.6 Å². The quantitative estimate of drug-likeness (QED) is 0.250. The molecular weight excluding hydrogens is 416 g/mol. The summed E-state index contributed by atoms with van der Waals surface area (Å²) >= 11 is 0. The highest BCUT2D eigenvalue weighted by atomic mass is 16.5. The summed E-state index contributed by atoms with van der Waals surface area (Å²) in [5, 5.41) is 20.5. The molecule has 0 aliphatic carbocycles. The molecule has 2 rings (SSSR count). The zero-order valence-electron chi connectivity index (χ0n) is 20.6. The third-order valence-electron chi connectivity index (χ3n) is 5.45. The van der Waals surface area contributed by atoms with E-state index in [1.54, 1.807) is 20.5 Å². The van der Waals surface area contributed by atoms with Gasteiger partial charge in [-0.15, -0.1) is 0 Å². The first kappa shape index (κ1) is 25.9. The van der Waals surface area contributed by atoms with Crippen LogP contribution in [0.15, 0.2) is 60.3 Å². The molecular formula is C28H36O5. The van der Waals surface area contributed by atoms with E-state index in [1.165, 1.54) is 6.26 Å². The van der Waals surface area contributed by atoms with Gasteiger partial charge in [-0.2, -0.15) is 0 Å². The maximum Gasteiger partial charge on any atom is 0.153 e. The number of ether oxygens (including phenoxy) is 3. The van der Waals surface area contributed by atoms with Crippen molar-refractivity contribution in [2.24, 2.45) is 0 Å². The largest absolute Gasteiger partial charge is 0.507 e. The summed E-state index contributed by atoms with van der Waals surface area (Å²) < 4.78 is 15.8. The summed E-state index contributed by atoms with van der Waals surface area (Å²) in [4.78, 5) is 0. The van der Waals surface area contributed by atoms with Crippen molar-refractivity contribution in [3.8, 4) is 11.5 Å². The van der Waals surface area contributed by atoms with Crippen LogP contribution in [0.5, 0.6) is 11.5 Å². The van der Waals surface area contributed by atoms with E-state index in [2.05, 4.69) is 6.07 Å². The van der Waals surface area contributed by atoms with Gasteiger partial charge in [-0.3, -0.25) is 0 Å². The van der Waals surface area contributed by atoms with Crippen molar-refractivity contribution in [2.45, 2.75) is 47.0 Å². The fraction of sp³-hybridized carbons (Fsp3) is 0.357. The minimum atomic E-state index is 0.352. The molecule has 0 heterocycles. The van der Waals surface area contributed by atoms with E-state index in [9.17, 15) is 10.2 Å². The van der Waals surface area contributed by atoms with Gasteiger partial charge in [0.1, 0.15) is 17.8 Å². The SMILES string of the molecule is CO/C=C(/C=C(C)\C=C\OCCc1cc(C)c(O)c(CCc2cc(C)c(O)c(C)c2)c1)OC. The van der Waals surface area contributed by atoms with Gasteiger partial charge in [0.25, 0.3) is 0 Å². The molecule has 2 N–H and O–H groups in total. The molecule has 0 aliphatic rings. The average molecular weight is 453 g/mol. The maximum absolute atomic E-state index is 10.5. The fourth-order valence-corrected chi connectivity index (χ4v) is 3.67. The Bertz CT molecular complexity index is 1010. The van der Waals surface area contributed by atoms with Crippen LogP contribution in [-0.4, -0.2) is 31.0 Å². The van der Waals surface area contributed by atoms with Crippen molar-refractivity contribution in [1.82, 2.24) is 0 Å². The van der Waals surface area contributed by atoms with Gasteiger partial charge in [0, 0.05) is 6.42 Å². The summed E-state index contributed by atoms with van der Waals surface area (Å²) in [5.41, 5.74) is 6.81. The first-order chi connectivity index (χ1) is 15.7. The predicted molar refractivity (Wildman–Crippen MR) is 132 cm³/mol. The number of allylic oxidation sites excluding steroid dienone is 3. The minimum absolute atomic E-state index is 0.352. The molecule has 5 nitrogen and oxygen atoms in total. The van der Waals surface area contributed by atoms with Crippen molar-refractivity contribution in [3.05, 3.63) is 93.7 Å². The number of rotatable bonds is 11. The molecule has 0 saturated heterocycles.